The maximum Gasteiger partial charge on any atom is 0.239 e. The minimum atomic E-state index is -0.474. The van der Waals surface area contributed by atoms with Gasteiger partial charge in [0.25, 0.3) is 0 Å². The van der Waals surface area contributed by atoms with Crippen molar-refractivity contribution in [3.8, 4) is 0 Å². The van der Waals surface area contributed by atoms with Gasteiger partial charge in [-0.3, -0.25) is 9.78 Å². The molecule has 2 aromatic heterocycles. The minimum Gasteiger partial charge on any atom is -0.445 e. The third kappa shape index (κ3) is 3.17. The highest BCUT2D eigenvalue weighted by molar-refractivity contribution is 5.81. The first-order valence-corrected chi connectivity index (χ1v) is 7.54. The number of amides is 1. The second kappa shape index (κ2) is 6.27. The fraction of sp³-hybridized carbons (Fsp3) is 0.438. The Morgan fingerprint density at radius 1 is 1.50 bits per heavy atom. The van der Waals surface area contributed by atoms with Crippen LogP contribution in [-0.2, 0) is 30.6 Å². The number of hydrogen-bond acceptors (Lipinski definition) is 5. The SMILES string of the molecule is CC(N)C(=O)N1CCc2oc(CCc3cccnc3)nc2C1. The summed E-state index contributed by atoms with van der Waals surface area (Å²) < 4.78 is 5.82. The lowest BCUT2D eigenvalue weighted by atomic mass is 10.1. The van der Waals surface area contributed by atoms with Crippen LogP contribution in [-0.4, -0.2) is 33.4 Å². The molecule has 1 aliphatic heterocycles. The van der Waals surface area contributed by atoms with E-state index in [2.05, 4.69) is 9.97 Å². The van der Waals surface area contributed by atoms with Crippen LogP contribution in [0.4, 0.5) is 0 Å². The molecule has 3 heterocycles. The molecule has 0 fully saturated rings. The van der Waals surface area contributed by atoms with E-state index in [0.717, 1.165) is 35.7 Å². The standard InChI is InChI=1S/C16H20N4O2/c1-11(17)16(21)20-8-6-14-13(10-20)19-15(22-14)5-4-12-3-2-7-18-9-12/h2-3,7,9,11H,4-6,8,10,17H2,1H3. The van der Waals surface area contributed by atoms with Crippen molar-refractivity contribution in [1.29, 1.82) is 0 Å². The maximum absolute atomic E-state index is 12.0. The predicted molar refractivity (Wildman–Crippen MR) is 80.9 cm³/mol. The summed E-state index contributed by atoms with van der Waals surface area (Å²) in [6.45, 7) is 2.84. The Balaban J connectivity index is 1.65. The molecule has 0 saturated heterocycles. The van der Waals surface area contributed by atoms with Gasteiger partial charge in [-0.25, -0.2) is 4.98 Å². The molecular formula is C16H20N4O2. The lowest BCUT2D eigenvalue weighted by molar-refractivity contribution is -0.133. The summed E-state index contributed by atoms with van der Waals surface area (Å²) in [6, 6.07) is 3.49. The zero-order valence-corrected chi connectivity index (χ0v) is 12.7. The monoisotopic (exact) mass is 300 g/mol. The Labute approximate surface area is 129 Å². The zero-order chi connectivity index (χ0) is 15.5. The van der Waals surface area contributed by atoms with Gasteiger partial charge in [0.1, 0.15) is 11.5 Å². The summed E-state index contributed by atoms with van der Waals surface area (Å²) in [4.78, 5) is 22.3. The average Bonchev–Trinajstić information content (AvgIpc) is 2.95. The number of nitrogens with two attached hydrogens (primary N) is 1. The van der Waals surface area contributed by atoms with Crippen LogP contribution >= 0.6 is 0 Å². The minimum absolute atomic E-state index is 0.0365. The topological polar surface area (TPSA) is 85.3 Å². The van der Waals surface area contributed by atoms with Crippen molar-refractivity contribution in [2.45, 2.75) is 38.8 Å². The molecule has 0 bridgehead atoms. The lowest BCUT2D eigenvalue weighted by Crippen LogP contribution is -2.44. The second-order valence-corrected chi connectivity index (χ2v) is 5.64. The number of rotatable bonds is 4. The first-order chi connectivity index (χ1) is 10.6. The van der Waals surface area contributed by atoms with Crippen LogP contribution in [0.3, 0.4) is 0 Å². The van der Waals surface area contributed by atoms with E-state index in [0.29, 0.717) is 19.5 Å². The predicted octanol–water partition coefficient (Wildman–Crippen LogP) is 1.09. The quantitative estimate of drug-likeness (QED) is 0.913. The average molecular weight is 300 g/mol. The van der Waals surface area contributed by atoms with E-state index in [1.807, 2.05) is 18.3 Å². The van der Waals surface area contributed by atoms with Crippen LogP contribution in [0, 0.1) is 0 Å². The third-order valence-electron chi connectivity index (χ3n) is 3.82. The molecule has 1 aliphatic rings. The largest absolute Gasteiger partial charge is 0.445 e. The van der Waals surface area contributed by atoms with E-state index in [1.54, 1.807) is 18.0 Å². The van der Waals surface area contributed by atoms with Gasteiger partial charge in [0.15, 0.2) is 5.89 Å². The van der Waals surface area contributed by atoms with E-state index >= 15 is 0 Å². The highest BCUT2D eigenvalue weighted by Gasteiger charge is 2.26. The molecule has 1 atom stereocenters. The highest BCUT2D eigenvalue weighted by Crippen LogP contribution is 2.21. The number of nitrogens with zero attached hydrogens (tertiary/aromatic N) is 3. The van der Waals surface area contributed by atoms with Gasteiger partial charge in [-0.05, 0) is 25.0 Å². The number of fused-ring (bicyclic) bond motifs is 1. The summed E-state index contributed by atoms with van der Waals surface area (Å²) in [7, 11) is 0. The molecule has 0 aliphatic carbocycles. The Kier molecular flexibility index (Phi) is 4.20. The van der Waals surface area contributed by atoms with Crippen LogP contribution in [0.2, 0.25) is 0 Å². The fourth-order valence-electron chi connectivity index (χ4n) is 2.63. The van der Waals surface area contributed by atoms with Gasteiger partial charge in [-0.1, -0.05) is 6.07 Å². The summed E-state index contributed by atoms with van der Waals surface area (Å²) in [6.07, 6.45) is 5.90. The lowest BCUT2D eigenvalue weighted by Gasteiger charge is -2.26. The van der Waals surface area contributed by atoms with Gasteiger partial charge in [0, 0.05) is 31.8 Å². The van der Waals surface area contributed by atoms with Crippen LogP contribution in [0.5, 0.6) is 0 Å². The van der Waals surface area contributed by atoms with Crippen LogP contribution in [0.25, 0.3) is 0 Å². The molecule has 6 nitrogen and oxygen atoms in total. The van der Waals surface area contributed by atoms with E-state index < -0.39 is 6.04 Å². The van der Waals surface area contributed by atoms with Crippen molar-refractivity contribution in [1.82, 2.24) is 14.9 Å². The fourth-order valence-corrected chi connectivity index (χ4v) is 2.63. The number of pyridine rings is 1. The molecule has 2 aromatic rings. The Bertz CT molecular complexity index is 651. The van der Waals surface area contributed by atoms with Crippen LogP contribution in [0.1, 0.15) is 29.8 Å². The first kappa shape index (κ1) is 14.7. The summed E-state index contributed by atoms with van der Waals surface area (Å²) in [5.74, 6) is 1.59. The number of aryl methyl sites for hydroxylation is 2. The molecule has 2 N–H and O–H groups in total. The van der Waals surface area contributed by atoms with Crippen molar-refractivity contribution >= 4 is 5.91 Å². The van der Waals surface area contributed by atoms with E-state index in [9.17, 15) is 4.79 Å². The van der Waals surface area contributed by atoms with Crippen molar-refractivity contribution in [2.75, 3.05) is 6.54 Å². The zero-order valence-electron chi connectivity index (χ0n) is 12.7. The normalized spacial score (nSPS) is 15.5. The van der Waals surface area contributed by atoms with Gasteiger partial charge >= 0.3 is 0 Å². The van der Waals surface area contributed by atoms with Crippen LogP contribution < -0.4 is 5.73 Å². The molecule has 1 unspecified atom stereocenters. The smallest absolute Gasteiger partial charge is 0.239 e. The molecule has 3 rings (SSSR count). The number of aromatic nitrogens is 2. The highest BCUT2D eigenvalue weighted by atomic mass is 16.4. The van der Waals surface area contributed by atoms with Crippen molar-refractivity contribution in [2.24, 2.45) is 5.73 Å². The summed E-state index contributed by atoms with van der Waals surface area (Å²) in [5.41, 5.74) is 7.69. The summed E-state index contributed by atoms with van der Waals surface area (Å²) >= 11 is 0. The number of carbonyl (C=O) groups excluding carboxylic acids is 1. The van der Waals surface area contributed by atoms with E-state index in [1.165, 1.54) is 0 Å². The summed E-state index contributed by atoms with van der Waals surface area (Å²) in [5, 5.41) is 0. The molecule has 1 amide bonds. The Morgan fingerprint density at radius 2 is 2.36 bits per heavy atom. The molecule has 116 valence electrons. The van der Waals surface area contributed by atoms with Crippen molar-refractivity contribution in [3.63, 3.8) is 0 Å². The van der Waals surface area contributed by atoms with E-state index in [4.69, 9.17) is 10.2 Å². The van der Waals surface area contributed by atoms with Gasteiger partial charge in [0.05, 0.1) is 12.6 Å². The molecular weight excluding hydrogens is 280 g/mol. The molecule has 22 heavy (non-hydrogen) atoms. The van der Waals surface area contributed by atoms with Gasteiger partial charge in [-0.2, -0.15) is 0 Å². The molecule has 6 heteroatoms. The maximum atomic E-state index is 12.0. The van der Waals surface area contributed by atoms with Gasteiger partial charge in [0.2, 0.25) is 5.91 Å². The molecule has 0 aromatic carbocycles. The Hall–Kier alpha value is -2.21. The van der Waals surface area contributed by atoms with Gasteiger partial charge in [-0.15, -0.1) is 0 Å². The number of hydrogen-bond donors (Lipinski definition) is 1. The second-order valence-electron chi connectivity index (χ2n) is 5.64. The van der Waals surface area contributed by atoms with Gasteiger partial charge < -0.3 is 15.1 Å². The first-order valence-electron chi connectivity index (χ1n) is 7.54. The number of oxazole rings is 1. The Morgan fingerprint density at radius 3 is 3.09 bits per heavy atom. The van der Waals surface area contributed by atoms with Crippen molar-refractivity contribution < 1.29 is 9.21 Å². The van der Waals surface area contributed by atoms with Crippen LogP contribution in [0.15, 0.2) is 28.9 Å². The van der Waals surface area contributed by atoms with E-state index in [-0.39, 0.29) is 5.91 Å². The molecule has 0 radical (unpaired) electrons. The van der Waals surface area contributed by atoms with Crippen molar-refractivity contribution in [3.05, 3.63) is 47.4 Å². The molecule has 0 spiro atoms. The molecule has 0 saturated carbocycles. The third-order valence-corrected chi connectivity index (χ3v) is 3.82. The number of carbonyl (C=O) groups is 1.